The number of rotatable bonds is 6. The van der Waals surface area contributed by atoms with E-state index < -0.39 is 59.2 Å². The van der Waals surface area contributed by atoms with E-state index in [4.69, 9.17) is 25.8 Å². The summed E-state index contributed by atoms with van der Waals surface area (Å²) in [5, 5.41) is 8.56. The summed E-state index contributed by atoms with van der Waals surface area (Å²) in [5.41, 5.74) is -0.400. The summed E-state index contributed by atoms with van der Waals surface area (Å²) >= 11 is 6.54. The zero-order valence-electron chi connectivity index (χ0n) is 17.8. The Morgan fingerprint density at radius 2 is 1.74 bits per heavy atom. The Kier molecular flexibility index (Phi) is 6.11. The van der Waals surface area contributed by atoms with Crippen LogP contribution in [0.4, 0.5) is 5.82 Å². The number of aromatic carboxylic acids is 1. The highest BCUT2D eigenvalue weighted by Crippen LogP contribution is 2.40. The number of hydrogen-bond donors (Lipinski definition) is 1. The Labute approximate surface area is 197 Å². The van der Waals surface area contributed by atoms with E-state index in [1.54, 1.807) is 12.1 Å². The van der Waals surface area contributed by atoms with Gasteiger partial charge in [0.25, 0.3) is 11.8 Å². The number of ether oxygens (including phenoxy) is 3. The van der Waals surface area contributed by atoms with Gasteiger partial charge in [0.1, 0.15) is 18.1 Å². The number of aromatic nitrogens is 2. The topological polar surface area (TPSA) is 154 Å². The molecule has 0 spiro atoms. The number of benzene rings is 1. The van der Waals surface area contributed by atoms with Crippen LogP contribution >= 0.6 is 11.6 Å². The first kappa shape index (κ1) is 23.4. The first-order chi connectivity index (χ1) is 16.1. The molecule has 0 radical (unpaired) electrons. The second-order valence-corrected chi connectivity index (χ2v) is 8.01. The number of nitrogens with zero attached hydrogens (tertiary/aromatic N) is 3. The van der Waals surface area contributed by atoms with Gasteiger partial charge in [0.05, 0.1) is 17.5 Å². The van der Waals surface area contributed by atoms with E-state index in [1.807, 2.05) is 0 Å². The molecule has 1 aromatic carbocycles. The van der Waals surface area contributed by atoms with E-state index in [2.05, 4.69) is 4.98 Å². The lowest BCUT2D eigenvalue weighted by molar-refractivity contribution is -0.155. The molecule has 2 amide bonds. The standard InChI is InChI=1S/C21H18ClN3O9/c1-9(26)32-7-13-16(33-10(2)27)14(22)20(34-13)24-8-23-15(21(30)31)17(24)25-18(28)11-5-3-4-6-12(11)19(25)29/h3-6,8,13-14,16,20H,7H2,1-2H3,(H,30,31)/t13-,14-,16-,20-/m1/s1. The molecule has 12 nitrogen and oxygen atoms in total. The van der Waals surface area contributed by atoms with Crippen molar-refractivity contribution in [2.24, 2.45) is 0 Å². The fourth-order valence-corrected chi connectivity index (χ4v) is 4.27. The fraction of sp³-hybridized carbons (Fsp3) is 0.333. The van der Waals surface area contributed by atoms with Gasteiger partial charge in [0, 0.05) is 13.8 Å². The second kappa shape index (κ2) is 8.88. The molecular weight excluding hydrogens is 474 g/mol. The highest BCUT2D eigenvalue weighted by atomic mass is 35.5. The van der Waals surface area contributed by atoms with Crippen molar-refractivity contribution < 1.29 is 43.3 Å². The average Bonchev–Trinajstić information content (AvgIpc) is 3.40. The van der Waals surface area contributed by atoms with Crippen LogP contribution in [0.25, 0.3) is 0 Å². The molecule has 4 rings (SSSR count). The maximum atomic E-state index is 13.1. The lowest BCUT2D eigenvalue weighted by Gasteiger charge is -2.23. The molecule has 1 saturated heterocycles. The van der Waals surface area contributed by atoms with Crippen molar-refractivity contribution in [1.29, 1.82) is 0 Å². The van der Waals surface area contributed by atoms with Crippen molar-refractivity contribution in [2.45, 2.75) is 37.7 Å². The first-order valence-electron chi connectivity index (χ1n) is 9.99. The van der Waals surface area contributed by atoms with Gasteiger partial charge < -0.3 is 19.3 Å². The van der Waals surface area contributed by atoms with E-state index in [1.165, 1.54) is 19.1 Å². The zero-order valence-corrected chi connectivity index (χ0v) is 18.6. The number of carboxylic acid groups (broad SMARTS) is 1. The third-order valence-corrected chi connectivity index (χ3v) is 5.73. The number of hydrogen-bond acceptors (Lipinski definition) is 9. The number of amides is 2. The number of carboxylic acids is 1. The fourth-order valence-electron chi connectivity index (χ4n) is 3.88. The number of carbonyl (C=O) groups excluding carboxylic acids is 4. The Hall–Kier alpha value is -3.77. The average molecular weight is 492 g/mol. The summed E-state index contributed by atoms with van der Waals surface area (Å²) in [6, 6.07) is 6.03. The predicted molar refractivity (Wildman–Crippen MR) is 113 cm³/mol. The molecule has 13 heteroatoms. The summed E-state index contributed by atoms with van der Waals surface area (Å²) < 4.78 is 17.2. The quantitative estimate of drug-likeness (QED) is 0.356. The van der Waals surface area contributed by atoms with E-state index in [0.717, 1.165) is 17.8 Å². The van der Waals surface area contributed by atoms with E-state index in [0.29, 0.717) is 4.90 Å². The molecule has 0 unspecified atom stereocenters. The van der Waals surface area contributed by atoms with Crippen molar-refractivity contribution >= 4 is 47.1 Å². The lowest BCUT2D eigenvalue weighted by atomic mass is 10.1. The normalized spacial score (nSPS) is 23.7. The summed E-state index contributed by atoms with van der Waals surface area (Å²) in [6.07, 6.45) is -2.27. The second-order valence-electron chi connectivity index (χ2n) is 7.51. The predicted octanol–water partition coefficient (Wildman–Crippen LogP) is 1.38. The van der Waals surface area contributed by atoms with Crippen molar-refractivity contribution in [3.05, 3.63) is 47.4 Å². The van der Waals surface area contributed by atoms with Gasteiger partial charge in [-0.15, -0.1) is 11.6 Å². The first-order valence-corrected chi connectivity index (χ1v) is 10.4. The van der Waals surface area contributed by atoms with Crippen molar-refractivity contribution in [1.82, 2.24) is 9.55 Å². The number of esters is 2. The number of fused-ring (bicyclic) bond motifs is 1. The number of alkyl halides is 1. The molecule has 0 saturated carbocycles. The smallest absolute Gasteiger partial charge is 0.358 e. The van der Waals surface area contributed by atoms with Crippen LogP contribution < -0.4 is 4.90 Å². The summed E-state index contributed by atoms with van der Waals surface area (Å²) in [5.74, 6) is -4.65. The SMILES string of the molecule is CC(=O)OC[C@H]1O[C@@H](n2cnc(C(=O)O)c2N2C(=O)c3ccccc3C2=O)[C@H](Cl)[C@@H]1OC(C)=O. The molecule has 34 heavy (non-hydrogen) atoms. The minimum atomic E-state index is -1.50. The van der Waals surface area contributed by atoms with E-state index in [9.17, 15) is 29.1 Å². The Morgan fingerprint density at radius 1 is 1.12 bits per heavy atom. The molecular formula is C21H18ClN3O9. The summed E-state index contributed by atoms with van der Waals surface area (Å²) in [4.78, 5) is 65.4. The highest BCUT2D eigenvalue weighted by Gasteiger charge is 2.50. The van der Waals surface area contributed by atoms with Gasteiger partial charge >= 0.3 is 17.9 Å². The van der Waals surface area contributed by atoms with Crippen LogP contribution in [-0.4, -0.2) is 68.6 Å². The van der Waals surface area contributed by atoms with Crippen molar-refractivity contribution in [3.63, 3.8) is 0 Å². The largest absolute Gasteiger partial charge is 0.476 e. The van der Waals surface area contributed by atoms with Gasteiger partial charge in [-0.1, -0.05) is 12.1 Å². The molecule has 1 N–H and O–H groups in total. The van der Waals surface area contributed by atoms with Crippen LogP contribution in [0.3, 0.4) is 0 Å². The number of carbonyl (C=O) groups is 5. The third kappa shape index (κ3) is 3.90. The highest BCUT2D eigenvalue weighted by molar-refractivity contribution is 6.35. The number of anilines is 1. The molecule has 4 atom stereocenters. The van der Waals surface area contributed by atoms with E-state index >= 15 is 0 Å². The molecule has 2 aliphatic heterocycles. The van der Waals surface area contributed by atoms with Crippen LogP contribution in [0.15, 0.2) is 30.6 Å². The van der Waals surface area contributed by atoms with Crippen LogP contribution in [0, 0.1) is 0 Å². The number of halogens is 1. The molecule has 178 valence electrons. The zero-order chi connectivity index (χ0) is 24.7. The molecule has 2 aromatic rings. The summed E-state index contributed by atoms with van der Waals surface area (Å²) in [6.45, 7) is 2.03. The van der Waals surface area contributed by atoms with Crippen molar-refractivity contribution in [3.8, 4) is 0 Å². The molecule has 2 aliphatic rings. The Bertz CT molecular complexity index is 1170. The van der Waals surface area contributed by atoms with Gasteiger partial charge in [-0.2, -0.15) is 0 Å². The molecule has 1 fully saturated rings. The van der Waals surface area contributed by atoms with Gasteiger partial charge in [-0.25, -0.2) is 14.7 Å². The van der Waals surface area contributed by atoms with Crippen LogP contribution in [0.2, 0.25) is 0 Å². The maximum Gasteiger partial charge on any atom is 0.358 e. The van der Waals surface area contributed by atoms with Gasteiger partial charge in [-0.3, -0.25) is 23.7 Å². The third-order valence-electron chi connectivity index (χ3n) is 5.27. The van der Waals surface area contributed by atoms with Crippen LogP contribution in [0.5, 0.6) is 0 Å². The van der Waals surface area contributed by atoms with Crippen molar-refractivity contribution in [2.75, 3.05) is 11.5 Å². The van der Waals surface area contributed by atoms with E-state index in [-0.39, 0.29) is 23.6 Å². The monoisotopic (exact) mass is 491 g/mol. The molecule has 3 heterocycles. The molecule has 0 bridgehead atoms. The van der Waals surface area contributed by atoms with Gasteiger partial charge in [0.2, 0.25) is 0 Å². The van der Waals surface area contributed by atoms with Gasteiger partial charge in [-0.05, 0) is 12.1 Å². The lowest BCUT2D eigenvalue weighted by Crippen LogP contribution is -2.36. The number of imidazole rings is 1. The molecule has 0 aliphatic carbocycles. The minimum Gasteiger partial charge on any atom is -0.476 e. The Balaban J connectivity index is 1.77. The van der Waals surface area contributed by atoms with Gasteiger partial charge in [0.15, 0.2) is 23.8 Å². The van der Waals surface area contributed by atoms with Crippen LogP contribution in [-0.2, 0) is 23.8 Å². The minimum absolute atomic E-state index is 0.0943. The Morgan fingerprint density at radius 3 is 2.26 bits per heavy atom. The summed E-state index contributed by atoms with van der Waals surface area (Å²) in [7, 11) is 0. The molecule has 1 aromatic heterocycles. The maximum absolute atomic E-state index is 13.1. The number of imide groups is 1. The van der Waals surface area contributed by atoms with Crippen LogP contribution in [0.1, 0.15) is 51.3 Å².